The summed E-state index contributed by atoms with van der Waals surface area (Å²) in [6.45, 7) is 6.68. The van der Waals surface area contributed by atoms with Crippen molar-refractivity contribution in [3.8, 4) is 16.3 Å². The van der Waals surface area contributed by atoms with Gasteiger partial charge in [0, 0.05) is 24.0 Å². The summed E-state index contributed by atoms with van der Waals surface area (Å²) in [7, 11) is 1.98. The molecule has 1 aliphatic heterocycles. The highest BCUT2D eigenvalue weighted by atomic mass is 35.5. The quantitative estimate of drug-likeness (QED) is 0.780. The SMILES string of the molecule is CNCC1CCN(C(=O)c2csc(-c3ccc(OC(C)C)cc3)n2)CC1.Cl. The molecule has 0 radical (unpaired) electrons. The van der Waals surface area contributed by atoms with Gasteiger partial charge in [0.05, 0.1) is 6.10 Å². The maximum absolute atomic E-state index is 12.7. The molecule has 2 heterocycles. The van der Waals surface area contributed by atoms with Gasteiger partial charge in [-0.3, -0.25) is 4.79 Å². The lowest BCUT2D eigenvalue weighted by Gasteiger charge is -2.31. The van der Waals surface area contributed by atoms with Crippen molar-refractivity contribution in [3.63, 3.8) is 0 Å². The predicted octanol–water partition coefficient (Wildman–Crippen LogP) is 4.09. The summed E-state index contributed by atoms with van der Waals surface area (Å²) in [5, 5.41) is 5.97. The van der Waals surface area contributed by atoms with Crippen LogP contribution in [-0.4, -0.2) is 48.6 Å². The molecule has 148 valence electrons. The lowest BCUT2D eigenvalue weighted by molar-refractivity contribution is 0.0686. The van der Waals surface area contributed by atoms with Crippen molar-refractivity contribution in [1.82, 2.24) is 15.2 Å². The van der Waals surface area contributed by atoms with Gasteiger partial charge < -0.3 is 15.0 Å². The molecule has 0 aliphatic carbocycles. The second-order valence-corrected chi connectivity index (χ2v) is 7.88. The summed E-state index contributed by atoms with van der Waals surface area (Å²) in [5.41, 5.74) is 1.57. The molecule has 1 amide bonds. The van der Waals surface area contributed by atoms with Crippen molar-refractivity contribution in [3.05, 3.63) is 35.3 Å². The first-order valence-corrected chi connectivity index (χ1v) is 10.1. The fourth-order valence-corrected chi connectivity index (χ4v) is 4.04. The van der Waals surface area contributed by atoms with Gasteiger partial charge in [0.25, 0.3) is 5.91 Å². The molecule has 0 bridgehead atoms. The van der Waals surface area contributed by atoms with E-state index in [-0.39, 0.29) is 24.4 Å². The fourth-order valence-electron chi connectivity index (χ4n) is 3.24. The lowest BCUT2D eigenvalue weighted by atomic mass is 9.97. The van der Waals surface area contributed by atoms with Crippen LogP contribution in [0.15, 0.2) is 29.6 Å². The second-order valence-electron chi connectivity index (χ2n) is 7.02. The number of likely N-dealkylation sites (tertiary alicyclic amines) is 1. The third-order valence-corrected chi connectivity index (χ3v) is 5.48. The van der Waals surface area contributed by atoms with Crippen LogP contribution in [0.1, 0.15) is 37.2 Å². The van der Waals surface area contributed by atoms with Gasteiger partial charge in [-0.15, -0.1) is 23.7 Å². The molecule has 0 saturated carbocycles. The minimum Gasteiger partial charge on any atom is -0.491 e. The number of thiazole rings is 1. The Morgan fingerprint density at radius 2 is 1.96 bits per heavy atom. The number of halogens is 1. The monoisotopic (exact) mass is 409 g/mol. The van der Waals surface area contributed by atoms with Crippen LogP contribution in [0.2, 0.25) is 0 Å². The van der Waals surface area contributed by atoms with Crippen LogP contribution in [0.25, 0.3) is 10.6 Å². The van der Waals surface area contributed by atoms with Gasteiger partial charge in [-0.2, -0.15) is 0 Å². The molecule has 5 nitrogen and oxygen atoms in total. The second kappa shape index (κ2) is 10.1. The van der Waals surface area contributed by atoms with Gasteiger partial charge in [-0.1, -0.05) is 0 Å². The molecule has 1 aromatic carbocycles. The topological polar surface area (TPSA) is 54.5 Å². The van der Waals surface area contributed by atoms with E-state index in [4.69, 9.17) is 4.74 Å². The number of nitrogens with zero attached hydrogens (tertiary/aromatic N) is 2. The molecular weight excluding hydrogens is 382 g/mol. The molecule has 1 fully saturated rings. The molecule has 7 heteroatoms. The predicted molar refractivity (Wildman–Crippen MR) is 113 cm³/mol. The number of aromatic nitrogens is 1. The van der Waals surface area contributed by atoms with Crippen molar-refractivity contribution in [2.24, 2.45) is 5.92 Å². The maximum atomic E-state index is 12.7. The Labute approximate surface area is 171 Å². The first-order valence-electron chi connectivity index (χ1n) is 9.23. The van der Waals surface area contributed by atoms with Crippen molar-refractivity contribution in [2.45, 2.75) is 32.8 Å². The average Bonchev–Trinajstić information content (AvgIpc) is 3.12. The number of carbonyl (C=O) groups is 1. The van der Waals surface area contributed by atoms with E-state index in [1.807, 2.05) is 55.4 Å². The standard InChI is InChI=1S/C20H27N3O2S.ClH/c1-14(2)25-17-6-4-16(5-7-17)19-22-18(13-26-19)20(24)23-10-8-15(9-11-23)12-21-3;/h4-7,13-15,21H,8-12H2,1-3H3;1H. The number of carbonyl (C=O) groups excluding carboxylic acids is 1. The van der Waals surface area contributed by atoms with Crippen LogP contribution in [0.5, 0.6) is 5.75 Å². The molecule has 1 aliphatic rings. The number of ether oxygens (including phenoxy) is 1. The molecule has 1 N–H and O–H groups in total. The lowest BCUT2D eigenvalue weighted by Crippen LogP contribution is -2.40. The Hall–Kier alpha value is -1.63. The third kappa shape index (κ3) is 5.67. The highest BCUT2D eigenvalue weighted by Crippen LogP contribution is 2.27. The highest BCUT2D eigenvalue weighted by molar-refractivity contribution is 7.13. The Morgan fingerprint density at radius 1 is 1.30 bits per heavy atom. The van der Waals surface area contributed by atoms with E-state index in [0.717, 1.165) is 48.8 Å². The number of piperidine rings is 1. The summed E-state index contributed by atoms with van der Waals surface area (Å²) in [6.07, 6.45) is 2.27. The zero-order valence-corrected chi connectivity index (χ0v) is 17.7. The van der Waals surface area contributed by atoms with Crippen molar-refractivity contribution in [2.75, 3.05) is 26.7 Å². The summed E-state index contributed by atoms with van der Waals surface area (Å²) < 4.78 is 5.67. The van der Waals surface area contributed by atoms with E-state index in [1.165, 1.54) is 11.3 Å². The first-order chi connectivity index (χ1) is 12.6. The maximum Gasteiger partial charge on any atom is 0.273 e. The molecule has 3 rings (SSSR count). The van der Waals surface area contributed by atoms with E-state index >= 15 is 0 Å². The summed E-state index contributed by atoms with van der Waals surface area (Å²) in [4.78, 5) is 19.2. The van der Waals surface area contributed by atoms with E-state index in [9.17, 15) is 4.79 Å². The number of hydrogen-bond acceptors (Lipinski definition) is 5. The van der Waals surface area contributed by atoms with Crippen LogP contribution in [-0.2, 0) is 0 Å². The van der Waals surface area contributed by atoms with Crippen LogP contribution in [0.4, 0.5) is 0 Å². The molecule has 1 aromatic heterocycles. The average molecular weight is 410 g/mol. The number of nitrogens with one attached hydrogen (secondary N) is 1. The summed E-state index contributed by atoms with van der Waals surface area (Å²) in [6, 6.07) is 7.89. The van der Waals surface area contributed by atoms with Crippen molar-refractivity contribution >= 4 is 29.7 Å². The number of rotatable bonds is 6. The smallest absolute Gasteiger partial charge is 0.273 e. The largest absolute Gasteiger partial charge is 0.491 e. The van der Waals surface area contributed by atoms with Crippen LogP contribution < -0.4 is 10.1 Å². The summed E-state index contributed by atoms with van der Waals surface area (Å²) >= 11 is 1.51. The molecule has 0 atom stereocenters. The minimum atomic E-state index is 0. The first kappa shape index (κ1) is 21.7. The van der Waals surface area contributed by atoms with Gasteiger partial charge >= 0.3 is 0 Å². The van der Waals surface area contributed by atoms with E-state index in [1.54, 1.807) is 0 Å². The Bertz CT molecular complexity index is 725. The zero-order valence-electron chi connectivity index (χ0n) is 16.1. The Kier molecular flexibility index (Phi) is 8.07. The Balaban J connectivity index is 0.00000261. The molecule has 0 unspecified atom stereocenters. The van der Waals surface area contributed by atoms with Crippen molar-refractivity contribution < 1.29 is 9.53 Å². The fraction of sp³-hybridized carbons (Fsp3) is 0.500. The molecule has 1 saturated heterocycles. The summed E-state index contributed by atoms with van der Waals surface area (Å²) in [5.74, 6) is 1.57. The molecular formula is C20H28ClN3O2S. The third-order valence-electron chi connectivity index (χ3n) is 4.59. The van der Waals surface area contributed by atoms with E-state index in [0.29, 0.717) is 11.6 Å². The van der Waals surface area contributed by atoms with E-state index in [2.05, 4.69) is 10.3 Å². The zero-order chi connectivity index (χ0) is 18.5. The number of benzene rings is 1. The van der Waals surface area contributed by atoms with Gasteiger partial charge in [0.1, 0.15) is 16.5 Å². The molecule has 2 aromatic rings. The number of hydrogen-bond donors (Lipinski definition) is 1. The van der Waals surface area contributed by atoms with Gasteiger partial charge in [0.2, 0.25) is 0 Å². The van der Waals surface area contributed by atoms with Gasteiger partial charge in [-0.05, 0) is 70.5 Å². The van der Waals surface area contributed by atoms with Crippen molar-refractivity contribution in [1.29, 1.82) is 0 Å². The van der Waals surface area contributed by atoms with Crippen LogP contribution in [0.3, 0.4) is 0 Å². The van der Waals surface area contributed by atoms with Crippen LogP contribution >= 0.6 is 23.7 Å². The van der Waals surface area contributed by atoms with E-state index < -0.39 is 0 Å². The number of amides is 1. The highest BCUT2D eigenvalue weighted by Gasteiger charge is 2.24. The molecule has 0 spiro atoms. The normalized spacial score (nSPS) is 14.9. The minimum absolute atomic E-state index is 0. The van der Waals surface area contributed by atoms with Crippen LogP contribution in [0, 0.1) is 5.92 Å². The molecule has 27 heavy (non-hydrogen) atoms. The van der Waals surface area contributed by atoms with Gasteiger partial charge in [0.15, 0.2) is 0 Å². The Morgan fingerprint density at radius 3 is 2.56 bits per heavy atom. The van der Waals surface area contributed by atoms with Gasteiger partial charge in [-0.25, -0.2) is 4.98 Å².